The number of carbonyl (C=O) groups is 3. The molecule has 0 unspecified atom stereocenters. The number of nitrogens with one attached hydrogen (secondary N) is 1. The molecule has 5 rings (SSSR count). The zero-order chi connectivity index (χ0) is 25.9. The van der Waals surface area contributed by atoms with Crippen LogP contribution in [0.3, 0.4) is 0 Å². The molecule has 1 saturated heterocycles. The maximum absolute atomic E-state index is 12.7. The van der Waals surface area contributed by atoms with Gasteiger partial charge in [-0.15, -0.1) is 0 Å². The van der Waals surface area contributed by atoms with Gasteiger partial charge in [0.05, 0.1) is 30.8 Å². The van der Waals surface area contributed by atoms with Crippen LogP contribution in [-0.2, 0) is 14.3 Å². The number of morpholine rings is 1. The molecule has 0 bridgehead atoms. The van der Waals surface area contributed by atoms with E-state index in [-0.39, 0.29) is 28.9 Å². The molecule has 3 heterocycles. The molecule has 0 spiro atoms. The predicted octanol–water partition coefficient (Wildman–Crippen LogP) is 3.08. The number of carbonyl (C=O) groups excluding carboxylic acids is 3. The highest BCUT2D eigenvalue weighted by atomic mass is 32.2. The van der Waals surface area contributed by atoms with Crippen LogP contribution in [-0.4, -0.2) is 70.0 Å². The van der Waals surface area contributed by atoms with E-state index in [4.69, 9.17) is 14.9 Å². The molecule has 11 heteroatoms. The molecule has 37 heavy (non-hydrogen) atoms. The second-order valence-corrected chi connectivity index (χ2v) is 9.55. The molecule has 10 nitrogen and oxygen atoms in total. The van der Waals surface area contributed by atoms with Crippen LogP contribution in [0.4, 0.5) is 0 Å². The first-order valence-corrected chi connectivity index (χ1v) is 12.4. The molecule has 0 atom stereocenters. The lowest BCUT2D eigenvalue weighted by atomic mass is 10.1. The number of esters is 1. The Morgan fingerprint density at radius 3 is 2.51 bits per heavy atom. The first kappa shape index (κ1) is 24.6. The maximum atomic E-state index is 12.7. The van der Waals surface area contributed by atoms with Crippen molar-refractivity contribution in [2.24, 2.45) is 10.1 Å². The fourth-order valence-electron chi connectivity index (χ4n) is 3.81. The van der Waals surface area contributed by atoms with Crippen LogP contribution in [0, 0.1) is 12.3 Å². The van der Waals surface area contributed by atoms with Crippen molar-refractivity contribution in [2.75, 3.05) is 26.3 Å². The average Bonchev–Trinajstić information content (AvgIpc) is 3.30. The zero-order valence-electron chi connectivity index (χ0n) is 20.0. The second kappa shape index (κ2) is 10.5. The van der Waals surface area contributed by atoms with Gasteiger partial charge in [-0.2, -0.15) is 15.1 Å². The Labute approximate surface area is 217 Å². The number of amidine groups is 2. The minimum Gasteiger partial charge on any atom is -0.423 e. The standard InChI is InChI=1S/C26H23N5O5S/c1-16-2-6-18(7-3-16)25(34)36-19-8-4-17(5-9-19)14-20-23(27)31-26(28-24(20)33)37-21(29-31)15-22(32)30-10-12-35-13-11-30/h2-9,14,27H,10-13,15H2,1H3. The lowest BCUT2D eigenvalue weighted by Gasteiger charge is -2.26. The highest BCUT2D eigenvalue weighted by Gasteiger charge is 2.36. The molecular formula is C26H23N5O5S. The molecule has 0 aromatic heterocycles. The Balaban J connectivity index is 1.26. The number of fused-ring (bicyclic) bond motifs is 1. The summed E-state index contributed by atoms with van der Waals surface area (Å²) in [6.45, 7) is 4.02. The Hall–Kier alpha value is -4.09. The molecule has 0 radical (unpaired) electrons. The molecule has 3 aliphatic heterocycles. The van der Waals surface area contributed by atoms with Crippen LogP contribution in [0.15, 0.2) is 64.2 Å². The zero-order valence-corrected chi connectivity index (χ0v) is 20.8. The van der Waals surface area contributed by atoms with Gasteiger partial charge in [-0.1, -0.05) is 29.8 Å². The molecule has 1 fully saturated rings. The van der Waals surface area contributed by atoms with E-state index in [1.165, 1.54) is 11.1 Å². The van der Waals surface area contributed by atoms with Crippen molar-refractivity contribution in [2.45, 2.75) is 13.3 Å². The van der Waals surface area contributed by atoms with Crippen LogP contribution < -0.4 is 4.74 Å². The van der Waals surface area contributed by atoms with Gasteiger partial charge >= 0.3 is 5.97 Å². The number of thioether (sulfide) groups is 1. The molecule has 2 aromatic carbocycles. The minimum absolute atomic E-state index is 0.0678. The van der Waals surface area contributed by atoms with Gasteiger partial charge < -0.3 is 14.4 Å². The summed E-state index contributed by atoms with van der Waals surface area (Å²) < 4.78 is 10.7. The summed E-state index contributed by atoms with van der Waals surface area (Å²) in [4.78, 5) is 43.3. The quantitative estimate of drug-likeness (QED) is 0.367. The van der Waals surface area contributed by atoms with Crippen LogP contribution in [0.2, 0.25) is 0 Å². The molecule has 2 amide bonds. The van der Waals surface area contributed by atoms with E-state index in [1.807, 2.05) is 19.1 Å². The molecule has 2 aromatic rings. The van der Waals surface area contributed by atoms with Crippen molar-refractivity contribution in [3.8, 4) is 5.75 Å². The summed E-state index contributed by atoms with van der Waals surface area (Å²) in [5, 5.41) is 14.9. The van der Waals surface area contributed by atoms with E-state index in [9.17, 15) is 14.4 Å². The van der Waals surface area contributed by atoms with Crippen LogP contribution >= 0.6 is 11.8 Å². The van der Waals surface area contributed by atoms with E-state index >= 15 is 0 Å². The smallest absolute Gasteiger partial charge is 0.343 e. The summed E-state index contributed by atoms with van der Waals surface area (Å²) in [5.41, 5.74) is 2.18. The molecular weight excluding hydrogens is 494 g/mol. The average molecular weight is 518 g/mol. The number of hydrazone groups is 1. The Morgan fingerprint density at radius 2 is 1.81 bits per heavy atom. The van der Waals surface area contributed by atoms with Crippen molar-refractivity contribution in [3.63, 3.8) is 0 Å². The monoisotopic (exact) mass is 517 g/mol. The molecule has 188 valence electrons. The number of hydrogen-bond acceptors (Lipinski definition) is 8. The van der Waals surface area contributed by atoms with E-state index < -0.39 is 11.9 Å². The minimum atomic E-state index is -0.561. The first-order valence-electron chi connectivity index (χ1n) is 11.6. The Morgan fingerprint density at radius 1 is 1.11 bits per heavy atom. The van der Waals surface area contributed by atoms with E-state index in [0.29, 0.717) is 48.2 Å². The number of nitrogens with zero attached hydrogens (tertiary/aromatic N) is 4. The van der Waals surface area contributed by atoms with Gasteiger partial charge in [0.1, 0.15) is 10.8 Å². The second-order valence-electron chi connectivity index (χ2n) is 8.51. The normalized spacial score (nSPS) is 18.5. The highest BCUT2D eigenvalue weighted by molar-refractivity contribution is 8.27. The van der Waals surface area contributed by atoms with Gasteiger partial charge in [0.25, 0.3) is 5.91 Å². The Kier molecular flexibility index (Phi) is 6.97. The number of rotatable bonds is 5. The number of hydrogen-bond donors (Lipinski definition) is 1. The van der Waals surface area contributed by atoms with E-state index in [1.54, 1.807) is 41.3 Å². The number of aryl methyl sites for hydroxylation is 1. The van der Waals surface area contributed by atoms with Crippen LogP contribution in [0.25, 0.3) is 6.08 Å². The van der Waals surface area contributed by atoms with E-state index in [0.717, 1.165) is 17.3 Å². The lowest BCUT2D eigenvalue weighted by Crippen LogP contribution is -2.41. The van der Waals surface area contributed by atoms with Crippen molar-refractivity contribution >= 4 is 51.7 Å². The molecule has 0 saturated carbocycles. The summed E-state index contributed by atoms with van der Waals surface area (Å²) in [5.74, 6) is -0.870. The largest absolute Gasteiger partial charge is 0.423 e. The Bertz CT molecular complexity index is 1360. The highest BCUT2D eigenvalue weighted by Crippen LogP contribution is 2.30. The predicted molar refractivity (Wildman–Crippen MR) is 140 cm³/mol. The van der Waals surface area contributed by atoms with Gasteiger partial charge in [0.15, 0.2) is 5.84 Å². The van der Waals surface area contributed by atoms with Gasteiger partial charge in [0.2, 0.25) is 11.1 Å². The third-order valence-corrected chi connectivity index (χ3v) is 6.76. The maximum Gasteiger partial charge on any atom is 0.343 e. The third kappa shape index (κ3) is 5.52. The fraction of sp³-hybridized carbons (Fsp3) is 0.231. The lowest BCUT2D eigenvalue weighted by molar-refractivity contribution is -0.133. The van der Waals surface area contributed by atoms with Gasteiger partial charge in [0, 0.05) is 13.1 Å². The van der Waals surface area contributed by atoms with Crippen molar-refractivity contribution in [3.05, 3.63) is 70.8 Å². The fourth-order valence-corrected chi connectivity index (χ4v) is 4.69. The van der Waals surface area contributed by atoms with Gasteiger partial charge in [-0.25, -0.2) is 4.79 Å². The number of ether oxygens (including phenoxy) is 2. The summed E-state index contributed by atoms with van der Waals surface area (Å²) in [6.07, 6.45) is 1.61. The number of aliphatic imine (C=N–C) groups is 1. The topological polar surface area (TPSA) is 125 Å². The van der Waals surface area contributed by atoms with Gasteiger partial charge in [-0.05, 0) is 54.6 Å². The first-order chi connectivity index (χ1) is 17.9. The van der Waals surface area contributed by atoms with Crippen molar-refractivity contribution in [1.29, 1.82) is 5.41 Å². The molecule has 1 N–H and O–H groups in total. The van der Waals surface area contributed by atoms with Gasteiger partial charge in [-0.3, -0.25) is 15.0 Å². The molecule has 3 aliphatic rings. The third-order valence-electron chi connectivity index (χ3n) is 5.85. The molecule has 0 aliphatic carbocycles. The van der Waals surface area contributed by atoms with Crippen molar-refractivity contribution < 1.29 is 23.9 Å². The summed E-state index contributed by atoms with van der Waals surface area (Å²) in [6, 6.07) is 13.7. The van der Waals surface area contributed by atoms with Crippen molar-refractivity contribution in [1.82, 2.24) is 9.91 Å². The van der Waals surface area contributed by atoms with Crippen LogP contribution in [0.5, 0.6) is 5.75 Å². The summed E-state index contributed by atoms with van der Waals surface area (Å²) in [7, 11) is 0. The summed E-state index contributed by atoms with van der Waals surface area (Å²) >= 11 is 1.12. The SMILES string of the molecule is Cc1ccc(C(=O)Oc2ccc(C=C3C(=N)N4N=C(CC(=O)N5CCOCC5)SC4=NC3=O)cc2)cc1. The van der Waals surface area contributed by atoms with Crippen LogP contribution in [0.1, 0.15) is 27.9 Å². The number of benzene rings is 2. The number of amides is 2. The van der Waals surface area contributed by atoms with E-state index in [2.05, 4.69) is 10.1 Å².